The minimum absolute atomic E-state index is 0.0121. The van der Waals surface area contributed by atoms with E-state index < -0.39 is 0 Å². The number of benzene rings is 1. The average molecular weight is 339 g/mol. The summed E-state index contributed by atoms with van der Waals surface area (Å²) in [6.07, 6.45) is 5.73. The quantitative estimate of drug-likeness (QED) is 0.828. The molecule has 1 N–H and O–H groups in total. The van der Waals surface area contributed by atoms with E-state index in [0.717, 1.165) is 23.4 Å². The van der Waals surface area contributed by atoms with Gasteiger partial charge in [-0.25, -0.2) is 0 Å². The first kappa shape index (κ1) is 17.8. The van der Waals surface area contributed by atoms with Crippen LogP contribution in [-0.2, 0) is 6.42 Å². The molecule has 1 heterocycles. The second-order valence-electron chi connectivity index (χ2n) is 7.64. The van der Waals surface area contributed by atoms with Gasteiger partial charge >= 0.3 is 0 Å². The zero-order valence-electron chi connectivity index (χ0n) is 15.5. The summed E-state index contributed by atoms with van der Waals surface area (Å²) in [7, 11) is 0. The fraction of sp³-hybridized carbons (Fsp3) is 0.500. The summed E-state index contributed by atoms with van der Waals surface area (Å²) in [4.78, 5) is 15.7. The number of aromatic amines is 1. The predicted octanol–water partition coefficient (Wildman–Crippen LogP) is 5.05. The number of ether oxygens (including phenoxy) is 1. The van der Waals surface area contributed by atoms with Crippen LogP contribution in [0.2, 0.25) is 0 Å². The summed E-state index contributed by atoms with van der Waals surface area (Å²) in [5, 5.41) is 0. The highest BCUT2D eigenvalue weighted by Crippen LogP contribution is 2.31. The molecular weight excluding hydrogens is 310 g/mol. The van der Waals surface area contributed by atoms with E-state index in [4.69, 9.17) is 4.74 Å². The van der Waals surface area contributed by atoms with E-state index in [1.54, 1.807) is 0 Å². The third-order valence-corrected chi connectivity index (χ3v) is 5.22. The summed E-state index contributed by atoms with van der Waals surface area (Å²) in [6, 6.07) is 12.3. The Labute approximate surface area is 150 Å². The molecule has 0 bridgehead atoms. The average Bonchev–Trinajstić information content (AvgIpc) is 2.57. The third kappa shape index (κ3) is 4.33. The summed E-state index contributed by atoms with van der Waals surface area (Å²) in [5.41, 5.74) is 2.86. The van der Waals surface area contributed by atoms with Gasteiger partial charge in [0.25, 0.3) is 5.56 Å². The molecule has 2 unspecified atom stereocenters. The monoisotopic (exact) mass is 339 g/mol. The Balaban J connectivity index is 1.91. The van der Waals surface area contributed by atoms with Crippen LogP contribution in [0.5, 0.6) is 5.75 Å². The maximum Gasteiger partial charge on any atom is 0.255 e. The molecule has 1 aliphatic carbocycles. The Morgan fingerprint density at radius 3 is 2.56 bits per heavy atom. The highest BCUT2D eigenvalue weighted by atomic mass is 16.5. The molecular formula is C22H29NO2. The minimum atomic E-state index is -0.0121. The van der Waals surface area contributed by atoms with Gasteiger partial charge in [0.2, 0.25) is 0 Å². The molecule has 0 saturated heterocycles. The van der Waals surface area contributed by atoms with Gasteiger partial charge in [0.1, 0.15) is 11.9 Å². The first-order chi connectivity index (χ1) is 12.0. The lowest BCUT2D eigenvalue weighted by atomic mass is 9.88. The van der Waals surface area contributed by atoms with Crippen LogP contribution in [0, 0.1) is 5.92 Å². The van der Waals surface area contributed by atoms with E-state index in [1.807, 2.05) is 24.3 Å². The number of pyridine rings is 1. The maximum atomic E-state index is 12.7. The van der Waals surface area contributed by atoms with Crippen molar-refractivity contribution in [2.45, 2.75) is 64.9 Å². The molecule has 3 rings (SSSR count). The molecule has 134 valence electrons. The Hall–Kier alpha value is -2.03. The molecule has 1 aromatic carbocycles. The molecule has 3 heteroatoms. The summed E-state index contributed by atoms with van der Waals surface area (Å²) in [5.74, 6) is 1.47. The maximum absolute atomic E-state index is 12.7. The SMILES string of the molecule is CC(C)c1c(OC2CCCCC2C)cc(Cc2ccccc2)[nH]c1=O. The zero-order valence-corrected chi connectivity index (χ0v) is 15.5. The molecule has 2 atom stereocenters. The molecule has 1 aromatic heterocycles. The van der Waals surface area contributed by atoms with Crippen molar-refractivity contribution in [3.63, 3.8) is 0 Å². The summed E-state index contributed by atoms with van der Waals surface area (Å²) < 4.78 is 6.40. The van der Waals surface area contributed by atoms with Crippen LogP contribution in [0.4, 0.5) is 0 Å². The standard InChI is InChI=1S/C22H29NO2/c1-15(2)21-20(25-19-12-8-7-9-16(19)3)14-18(23-22(21)24)13-17-10-5-4-6-11-17/h4-6,10-11,14-16,19H,7-9,12-13H2,1-3H3,(H,23,24). The van der Waals surface area contributed by atoms with Crippen molar-refractivity contribution in [3.8, 4) is 5.75 Å². The topological polar surface area (TPSA) is 42.1 Å². The van der Waals surface area contributed by atoms with Crippen molar-refractivity contribution < 1.29 is 4.74 Å². The number of nitrogens with one attached hydrogen (secondary N) is 1. The number of H-pyrrole nitrogens is 1. The van der Waals surface area contributed by atoms with Gasteiger partial charge < -0.3 is 9.72 Å². The van der Waals surface area contributed by atoms with E-state index in [0.29, 0.717) is 12.3 Å². The van der Waals surface area contributed by atoms with E-state index in [9.17, 15) is 4.79 Å². The first-order valence-electron chi connectivity index (χ1n) is 9.51. The third-order valence-electron chi connectivity index (χ3n) is 5.22. The van der Waals surface area contributed by atoms with E-state index in [2.05, 4.69) is 37.9 Å². The minimum Gasteiger partial charge on any atom is -0.490 e. The first-order valence-corrected chi connectivity index (χ1v) is 9.51. The van der Waals surface area contributed by atoms with Crippen molar-refractivity contribution >= 4 is 0 Å². The molecule has 0 aliphatic heterocycles. The molecule has 0 amide bonds. The van der Waals surface area contributed by atoms with Crippen molar-refractivity contribution in [1.82, 2.24) is 4.98 Å². The van der Waals surface area contributed by atoms with Gasteiger partial charge in [0, 0.05) is 18.2 Å². The van der Waals surface area contributed by atoms with Crippen LogP contribution >= 0.6 is 0 Å². The Morgan fingerprint density at radius 2 is 1.88 bits per heavy atom. The highest BCUT2D eigenvalue weighted by molar-refractivity contribution is 5.37. The molecule has 0 spiro atoms. The van der Waals surface area contributed by atoms with Crippen molar-refractivity contribution in [3.05, 3.63) is 63.6 Å². The van der Waals surface area contributed by atoms with Crippen LogP contribution < -0.4 is 10.3 Å². The number of aromatic nitrogens is 1. The molecule has 3 nitrogen and oxygen atoms in total. The second-order valence-corrected chi connectivity index (χ2v) is 7.64. The Morgan fingerprint density at radius 1 is 1.16 bits per heavy atom. The van der Waals surface area contributed by atoms with Crippen LogP contribution in [0.3, 0.4) is 0 Å². The highest BCUT2D eigenvalue weighted by Gasteiger charge is 2.25. The van der Waals surface area contributed by atoms with Crippen LogP contribution in [-0.4, -0.2) is 11.1 Å². The van der Waals surface area contributed by atoms with Gasteiger partial charge in [-0.3, -0.25) is 4.79 Å². The van der Waals surface area contributed by atoms with Gasteiger partial charge in [-0.05, 0) is 36.7 Å². The van der Waals surface area contributed by atoms with E-state index >= 15 is 0 Å². The van der Waals surface area contributed by atoms with Crippen molar-refractivity contribution in [2.24, 2.45) is 5.92 Å². The van der Waals surface area contributed by atoms with Crippen LogP contribution in [0.15, 0.2) is 41.2 Å². The molecule has 1 fully saturated rings. The summed E-state index contributed by atoms with van der Waals surface area (Å²) in [6.45, 7) is 6.37. The lowest BCUT2D eigenvalue weighted by Crippen LogP contribution is -2.30. The number of hydrogen-bond donors (Lipinski definition) is 1. The molecule has 1 aliphatic rings. The second kappa shape index (κ2) is 7.90. The normalized spacial score (nSPS) is 20.6. The van der Waals surface area contributed by atoms with Crippen molar-refractivity contribution in [2.75, 3.05) is 0 Å². The molecule has 2 aromatic rings. The largest absolute Gasteiger partial charge is 0.490 e. The van der Waals surface area contributed by atoms with Crippen molar-refractivity contribution in [1.29, 1.82) is 0 Å². The van der Waals surface area contributed by atoms with Gasteiger partial charge in [-0.2, -0.15) is 0 Å². The van der Waals surface area contributed by atoms with Gasteiger partial charge in [-0.1, -0.05) is 57.5 Å². The van der Waals surface area contributed by atoms with Gasteiger partial charge in [0.05, 0.1) is 5.56 Å². The smallest absolute Gasteiger partial charge is 0.255 e. The lowest BCUT2D eigenvalue weighted by molar-refractivity contribution is 0.101. The zero-order chi connectivity index (χ0) is 17.8. The molecule has 0 radical (unpaired) electrons. The van der Waals surface area contributed by atoms with Crippen LogP contribution in [0.1, 0.15) is 69.2 Å². The predicted molar refractivity (Wildman–Crippen MR) is 102 cm³/mol. The van der Waals surface area contributed by atoms with Gasteiger partial charge in [0.15, 0.2) is 0 Å². The fourth-order valence-electron chi connectivity index (χ4n) is 3.77. The Kier molecular flexibility index (Phi) is 5.62. The van der Waals surface area contributed by atoms with Crippen LogP contribution in [0.25, 0.3) is 0 Å². The van der Waals surface area contributed by atoms with E-state index in [1.165, 1.54) is 24.8 Å². The fourth-order valence-corrected chi connectivity index (χ4v) is 3.77. The van der Waals surface area contributed by atoms with Gasteiger partial charge in [-0.15, -0.1) is 0 Å². The number of hydrogen-bond acceptors (Lipinski definition) is 2. The molecule has 25 heavy (non-hydrogen) atoms. The van der Waals surface area contributed by atoms with E-state index in [-0.39, 0.29) is 17.6 Å². The Bertz CT molecular complexity index is 748. The number of rotatable bonds is 5. The summed E-state index contributed by atoms with van der Waals surface area (Å²) >= 11 is 0. The molecule has 1 saturated carbocycles. The lowest BCUT2D eigenvalue weighted by Gasteiger charge is -2.30.